The minimum absolute atomic E-state index is 0.688. The highest BCUT2D eigenvalue weighted by Crippen LogP contribution is 2.24. The first-order valence-electron chi connectivity index (χ1n) is 7.95. The Bertz CT molecular complexity index is 209. The van der Waals surface area contributed by atoms with Gasteiger partial charge in [-0.25, -0.2) is 0 Å². The molecule has 0 aromatic carbocycles. The molecule has 0 aromatic heterocycles. The Morgan fingerprint density at radius 1 is 1.00 bits per heavy atom. The van der Waals surface area contributed by atoms with Crippen LogP contribution in [-0.4, -0.2) is 37.1 Å². The van der Waals surface area contributed by atoms with Gasteiger partial charge in [-0.1, -0.05) is 40.0 Å². The van der Waals surface area contributed by atoms with E-state index in [4.69, 9.17) is 0 Å². The van der Waals surface area contributed by atoms with Crippen molar-refractivity contribution < 1.29 is 0 Å². The monoisotopic (exact) mass is 254 g/mol. The quantitative estimate of drug-likeness (QED) is 0.748. The first kappa shape index (κ1) is 16.0. The maximum Gasteiger partial charge on any atom is 0.0105 e. The van der Waals surface area contributed by atoms with Crippen LogP contribution in [0.4, 0.5) is 0 Å². The summed E-state index contributed by atoms with van der Waals surface area (Å²) in [6.45, 7) is 11.6. The van der Waals surface area contributed by atoms with Crippen molar-refractivity contribution in [2.75, 3.05) is 20.1 Å². The van der Waals surface area contributed by atoms with Crippen LogP contribution in [0.15, 0.2) is 0 Å². The Hall–Kier alpha value is -0.0800. The zero-order chi connectivity index (χ0) is 13.5. The van der Waals surface area contributed by atoms with E-state index in [1.54, 1.807) is 0 Å². The van der Waals surface area contributed by atoms with Crippen LogP contribution in [0.2, 0.25) is 0 Å². The fourth-order valence-corrected chi connectivity index (χ4v) is 2.99. The van der Waals surface area contributed by atoms with Gasteiger partial charge in [0.1, 0.15) is 0 Å². The van der Waals surface area contributed by atoms with Crippen LogP contribution in [0.5, 0.6) is 0 Å². The zero-order valence-electron chi connectivity index (χ0n) is 13.2. The Morgan fingerprint density at radius 3 is 2.17 bits per heavy atom. The lowest BCUT2D eigenvalue weighted by molar-refractivity contribution is 0.113. The molecule has 0 bridgehead atoms. The maximum atomic E-state index is 3.60. The minimum atomic E-state index is 0.688. The molecular formula is C16H34N2. The van der Waals surface area contributed by atoms with Gasteiger partial charge >= 0.3 is 0 Å². The van der Waals surface area contributed by atoms with Crippen LogP contribution in [-0.2, 0) is 0 Å². The molecule has 0 amide bonds. The van der Waals surface area contributed by atoms with E-state index >= 15 is 0 Å². The third-order valence-corrected chi connectivity index (χ3v) is 4.64. The molecule has 0 aliphatic heterocycles. The summed E-state index contributed by atoms with van der Waals surface area (Å²) < 4.78 is 0. The van der Waals surface area contributed by atoms with Gasteiger partial charge in [0.2, 0.25) is 0 Å². The molecule has 2 atom stereocenters. The number of nitrogens with one attached hydrogen (secondary N) is 1. The number of rotatable bonds is 7. The van der Waals surface area contributed by atoms with Crippen molar-refractivity contribution in [3.05, 3.63) is 0 Å². The second kappa shape index (κ2) is 8.16. The lowest BCUT2D eigenvalue weighted by Gasteiger charge is -2.38. The SMILES string of the molecule is CC(C)CNCC(C)C(C)N(C)C1CCCCC1. The van der Waals surface area contributed by atoms with Crippen LogP contribution >= 0.6 is 0 Å². The van der Waals surface area contributed by atoms with E-state index in [1.807, 2.05) is 0 Å². The molecule has 1 rings (SSSR count). The van der Waals surface area contributed by atoms with Crippen LogP contribution in [0.3, 0.4) is 0 Å². The first-order chi connectivity index (χ1) is 8.52. The highest BCUT2D eigenvalue weighted by molar-refractivity contribution is 4.80. The summed E-state index contributed by atoms with van der Waals surface area (Å²) in [6, 6.07) is 1.52. The number of hydrogen-bond donors (Lipinski definition) is 1. The van der Waals surface area contributed by atoms with E-state index in [1.165, 1.54) is 32.1 Å². The van der Waals surface area contributed by atoms with E-state index in [9.17, 15) is 0 Å². The summed E-state index contributed by atoms with van der Waals surface area (Å²) >= 11 is 0. The van der Waals surface area contributed by atoms with E-state index in [0.29, 0.717) is 6.04 Å². The summed E-state index contributed by atoms with van der Waals surface area (Å²) in [5.41, 5.74) is 0. The fourth-order valence-electron chi connectivity index (χ4n) is 2.99. The van der Waals surface area contributed by atoms with Gasteiger partial charge in [-0.3, -0.25) is 0 Å². The summed E-state index contributed by atoms with van der Waals surface area (Å²) in [4.78, 5) is 2.64. The second-order valence-electron chi connectivity index (χ2n) is 6.73. The van der Waals surface area contributed by atoms with Gasteiger partial charge in [0.05, 0.1) is 0 Å². The summed E-state index contributed by atoms with van der Waals surface area (Å²) in [7, 11) is 2.33. The predicted molar refractivity (Wildman–Crippen MR) is 81.0 cm³/mol. The van der Waals surface area contributed by atoms with Crippen molar-refractivity contribution in [3.63, 3.8) is 0 Å². The highest BCUT2D eigenvalue weighted by Gasteiger charge is 2.24. The Balaban J connectivity index is 2.29. The molecule has 2 unspecified atom stereocenters. The minimum Gasteiger partial charge on any atom is -0.316 e. The van der Waals surface area contributed by atoms with Crippen molar-refractivity contribution >= 4 is 0 Å². The topological polar surface area (TPSA) is 15.3 Å². The second-order valence-corrected chi connectivity index (χ2v) is 6.73. The molecule has 0 heterocycles. The maximum absolute atomic E-state index is 3.60. The largest absolute Gasteiger partial charge is 0.316 e. The van der Waals surface area contributed by atoms with Crippen molar-refractivity contribution in [1.29, 1.82) is 0 Å². The van der Waals surface area contributed by atoms with Gasteiger partial charge in [-0.15, -0.1) is 0 Å². The molecule has 0 spiro atoms. The number of hydrogen-bond acceptors (Lipinski definition) is 2. The molecule has 0 aromatic rings. The Morgan fingerprint density at radius 2 is 1.61 bits per heavy atom. The first-order valence-corrected chi connectivity index (χ1v) is 7.95. The van der Waals surface area contributed by atoms with Gasteiger partial charge < -0.3 is 10.2 Å². The van der Waals surface area contributed by atoms with Crippen molar-refractivity contribution in [3.8, 4) is 0 Å². The van der Waals surface area contributed by atoms with Crippen molar-refractivity contribution in [2.24, 2.45) is 11.8 Å². The van der Waals surface area contributed by atoms with E-state index in [-0.39, 0.29) is 0 Å². The lowest BCUT2D eigenvalue weighted by Crippen LogP contribution is -2.45. The summed E-state index contributed by atoms with van der Waals surface area (Å²) in [5.74, 6) is 1.49. The zero-order valence-corrected chi connectivity index (χ0v) is 13.2. The molecule has 18 heavy (non-hydrogen) atoms. The van der Waals surface area contributed by atoms with Crippen molar-refractivity contribution in [2.45, 2.75) is 71.9 Å². The number of nitrogens with zero attached hydrogens (tertiary/aromatic N) is 1. The molecule has 1 aliphatic rings. The normalized spacial score (nSPS) is 21.5. The third kappa shape index (κ3) is 5.27. The molecule has 2 nitrogen and oxygen atoms in total. The van der Waals surface area contributed by atoms with Gasteiger partial charge in [-0.2, -0.15) is 0 Å². The molecule has 0 radical (unpaired) electrons. The standard InChI is InChI=1S/C16H34N2/c1-13(2)11-17-12-14(3)15(4)18(5)16-9-7-6-8-10-16/h13-17H,6-12H2,1-5H3. The average Bonchev–Trinajstić information content (AvgIpc) is 2.37. The lowest BCUT2D eigenvalue weighted by atomic mass is 9.91. The summed E-state index contributed by atoms with van der Waals surface area (Å²) in [5, 5.41) is 3.60. The smallest absolute Gasteiger partial charge is 0.0105 e. The fraction of sp³-hybridized carbons (Fsp3) is 1.00. The molecule has 1 fully saturated rings. The van der Waals surface area contributed by atoms with E-state index < -0.39 is 0 Å². The molecule has 2 heteroatoms. The van der Waals surface area contributed by atoms with E-state index in [2.05, 4.69) is 45.0 Å². The highest BCUT2D eigenvalue weighted by atomic mass is 15.2. The van der Waals surface area contributed by atoms with Crippen molar-refractivity contribution in [1.82, 2.24) is 10.2 Å². The van der Waals surface area contributed by atoms with E-state index in [0.717, 1.165) is 31.0 Å². The van der Waals surface area contributed by atoms with Gasteiger partial charge in [-0.05, 0) is 51.7 Å². The molecule has 1 aliphatic carbocycles. The Kier molecular flexibility index (Phi) is 7.25. The van der Waals surface area contributed by atoms with Gasteiger partial charge in [0.15, 0.2) is 0 Å². The molecule has 0 saturated heterocycles. The summed E-state index contributed by atoms with van der Waals surface area (Å²) in [6.07, 6.45) is 7.13. The van der Waals surface area contributed by atoms with Crippen LogP contribution in [0.25, 0.3) is 0 Å². The molecule has 1 saturated carbocycles. The van der Waals surface area contributed by atoms with Crippen LogP contribution < -0.4 is 5.32 Å². The average molecular weight is 254 g/mol. The predicted octanol–water partition coefficient (Wildman–Crippen LogP) is 3.52. The Labute approximate surface area is 115 Å². The van der Waals surface area contributed by atoms with Crippen LogP contribution in [0.1, 0.15) is 59.8 Å². The van der Waals surface area contributed by atoms with Gasteiger partial charge in [0, 0.05) is 12.1 Å². The third-order valence-electron chi connectivity index (χ3n) is 4.64. The molecule has 1 N–H and O–H groups in total. The molecular weight excluding hydrogens is 220 g/mol. The molecule has 108 valence electrons. The van der Waals surface area contributed by atoms with Gasteiger partial charge in [0.25, 0.3) is 0 Å². The van der Waals surface area contributed by atoms with Crippen LogP contribution in [0, 0.1) is 11.8 Å².